The number of nitriles is 1. The number of hydrogen-bond acceptors (Lipinski definition) is 6. The van der Waals surface area contributed by atoms with Gasteiger partial charge in [-0.05, 0) is 55.7 Å². The topological polar surface area (TPSA) is 116 Å². The van der Waals surface area contributed by atoms with Crippen molar-refractivity contribution in [2.24, 2.45) is 0 Å². The lowest BCUT2D eigenvalue weighted by atomic mass is 9.88. The Morgan fingerprint density at radius 3 is 2.24 bits per heavy atom. The lowest BCUT2D eigenvalue weighted by Crippen LogP contribution is -2.49. The van der Waals surface area contributed by atoms with Gasteiger partial charge in [-0.3, -0.25) is 14.5 Å². The van der Waals surface area contributed by atoms with Gasteiger partial charge in [0.2, 0.25) is 10.0 Å². The van der Waals surface area contributed by atoms with E-state index in [0.29, 0.717) is 22.4 Å². The summed E-state index contributed by atoms with van der Waals surface area (Å²) in [6.45, 7) is 1.63. The Kier molecular flexibility index (Phi) is 7.76. The maximum Gasteiger partial charge on any atom is 0.271 e. The summed E-state index contributed by atoms with van der Waals surface area (Å²) in [5, 5.41) is 14.7. The van der Waals surface area contributed by atoms with Gasteiger partial charge in [0.15, 0.2) is 0 Å². The lowest BCUT2D eigenvalue weighted by Gasteiger charge is -2.36. The molecule has 0 saturated heterocycles. The number of para-hydroxylation sites is 1. The van der Waals surface area contributed by atoms with Crippen LogP contribution in [0.15, 0.2) is 82.4 Å². The number of amides is 2. The maximum atomic E-state index is 13.8. The highest BCUT2D eigenvalue weighted by atomic mass is 32.2. The summed E-state index contributed by atoms with van der Waals surface area (Å²) < 4.78 is 28.1. The van der Waals surface area contributed by atoms with Gasteiger partial charge in [0.25, 0.3) is 11.8 Å². The van der Waals surface area contributed by atoms with Crippen molar-refractivity contribution in [2.45, 2.75) is 50.0 Å². The van der Waals surface area contributed by atoms with E-state index >= 15 is 0 Å². The Morgan fingerprint density at radius 2 is 1.63 bits per heavy atom. The van der Waals surface area contributed by atoms with Gasteiger partial charge in [-0.15, -0.1) is 0 Å². The molecule has 0 radical (unpaired) electrons. The fourth-order valence-electron chi connectivity index (χ4n) is 5.35. The molecule has 2 aliphatic rings. The molecule has 1 aliphatic heterocycles. The number of sulfonamides is 1. The zero-order valence-corrected chi connectivity index (χ0v) is 24.1. The number of hydrogen-bond donors (Lipinski definition) is 0. The van der Waals surface area contributed by atoms with Crippen LogP contribution < -0.4 is 0 Å². The van der Waals surface area contributed by atoms with E-state index in [1.54, 1.807) is 36.0 Å². The number of rotatable bonds is 6. The molecule has 210 valence electrons. The van der Waals surface area contributed by atoms with E-state index in [9.17, 15) is 23.3 Å². The van der Waals surface area contributed by atoms with Gasteiger partial charge in [0.05, 0.1) is 16.3 Å². The third-order valence-corrected chi connectivity index (χ3v) is 9.51. The minimum Gasteiger partial charge on any atom is -0.271 e. The highest BCUT2D eigenvalue weighted by molar-refractivity contribution is 7.89. The molecule has 2 aromatic carbocycles. The lowest BCUT2D eigenvalue weighted by molar-refractivity contribution is -0.143. The smallest absolute Gasteiger partial charge is 0.271 e. The molecule has 10 heteroatoms. The standard InChI is InChI=1S/C31H31N5O4S/c1-21-27(30(37)36(31(38)28(21)19-32)25-12-8-5-9-13-25)18-23-20-35(24-10-6-4-7-11-24)33-29(23)22-14-16-26(17-15-22)41(39,40)34(2)3/h4,6-7,10-11,14-18,20,25H,5,8-9,12-13H2,1-3H3/b27-18+. The van der Waals surface area contributed by atoms with E-state index in [2.05, 4.69) is 0 Å². The summed E-state index contributed by atoms with van der Waals surface area (Å²) in [5.41, 5.74) is 3.13. The van der Waals surface area contributed by atoms with Gasteiger partial charge >= 0.3 is 0 Å². The van der Waals surface area contributed by atoms with Crippen molar-refractivity contribution in [1.29, 1.82) is 5.26 Å². The third kappa shape index (κ3) is 5.26. The highest BCUT2D eigenvalue weighted by Gasteiger charge is 2.40. The predicted molar refractivity (Wildman–Crippen MR) is 155 cm³/mol. The molecule has 0 N–H and O–H groups in total. The fourth-order valence-corrected chi connectivity index (χ4v) is 6.25. The number of aromatic nitrogens is 2. The highest BCUT2D eigenvalue weighted by Crippen LogP contribution is 2.34. The molecule has 1 saturated carbocycles. The average Bonchev–Trinajstić information content (AvgIpc) is 3.40. The molecule has 3 aromatic rings. The summed E-state index contributed by atoms with van der Waals surface area (Å²) in [6.07, 6.45) is 7.84. The first kappa shape index (κ1) is 28.2. The SMILES string of the molecule is CC1=C(C#N)C(=O)N(C2CCCCC2)C(=O)/C1=C/c1cn(-c2ccccc2)nc1-c1ccc(S(=O)(=O)N(C)C)cc1. The number of carbonyl (C=O) groups is 2. The molecule has 0 spiro atoms. The predicted octanol–water partition coefficient (Wildman–Crippen LogP) is 4.71. The Balaban J connectivity index is 1.65. The van der Waals surface area contributed by atoms with Crippen molar-refractivity contribution < 1.29 is 18.0 Å². The summed E-state index contributed by atoms with van der Waals surface area (Å²) >= 11 is 0. The average molecular weight is 570 g/mol. The second kappa shape index (κ2) is 11.3. The minimum atomic E-state index is -3.62. The molecule has 5 rings (SSSR count). The Labute approximate surface area is 240 Å². The van der Waals surface area contributed by atoms with Gasteiger partial charge in [-0.1, -0.05) is 49.6 Å². The van der Waals surface area contributed by atoms with E-state index < -0.39 is 21.8 Å². The van der Waals surface area contributed by atoms with Crippen molar-refractivity contribution >= 4 is 27.9 Å². The Morgan fingerprint density at radius 1 is 0.976 bits per heavy atom. The van der Waals surface area contributed by atoms with Crippen LogP contribution in [-0.2, 0) is 19.6 Å². The van der Waals surface area contributed by atoms with Crippen LogP contribution in [0.3, 0.4) is 0 Å². The third-order valence-electron chi connectivity index (χ3n) is 7.68. The number of imide groups is 1. The second-order valence-electron chi connectivity index (χ2n) is 10.5. The number of carbonyl (C=O) groups excluding carboxylic acids is 2. The van der Waals surface area contributed by atoms with E-state index in [0.717, 1.165) is 42.1 Å². The monoisotopic (exact) mass is 569 g/mol. The molecule has 0 atom stereocenters. The van der Waals surface area contributed by atoms with Crippen molar-refractivity contribution in [3.63, 3.8) is 0 Å². The molecule has 9 nitrogen and oxygen atoms in total. The Bertz CT molecular complexity index is 1710. The zero-order chi connectivity index (χ0) is 29.3. The quantitative estimate of drug-likeness (QED) is 0.313. The van der Waals surface area contributed by atoms with E-state index in [-0.39, 0.29) is 22.1 Å². The first-order chi connectivity index (χ1) is 19.6. The van der Waals surface area contributed by atoms with Crippen LogP contribution in [0.5, 0.6) is 0 Å². The van der Waals surface area contributed by atoms with E-state index in [1.165, 1.54) is 31.1 Å². The molecule has 0 unspecified atom stereocenters. The summed E-state index contributed by atoms with van der Waals surface area (Å²) in [7, 11) is -0.665. The van der Waals surface area contributed by atoms with Crippen LogP contribution in [0.1, 0.15) is 44.6 Å². The van der Waals surface area contributed by atoms with Crippen molar-refractivity contribution in [2.75, 3.05) is 14.1 Å². The van der Waals surface area contributed by atoms with Crippen molar-refractivity contribution in [3.8, 4) is 23.0 Å². The fraction of sp³-hybridized carbons (Fsp3) is 0.290. The zero-order valence-electron chi connectivity index (χ0n) is 23.2. The molecule has 2 heterocycles. The van der Waals surface area contributed by atoms with Crippen LogP contribution >= 0.6 is 0 Å². The Hall–Kier alpha value is -4.33. The second-order valence-corrected chi connectivity index (χ2v) is 12.6. The van der Waals surface area contributed by atoms with Gasteiger partial charge in [0.1, 0.15) is 11.6 Å². The van der Waals surface area contributed by atoms with E-state index in [4.69, 9.17) is 5.10 Å². The van der Waals surface area contributed by atoms with Crippen molar-refractivity contribution in [3.05, 3.63) is 83.1 Å². The molecular weight excluding hydrogens is 538 g/mol. The maximum absolute atomic E-state index is 13.8. The van der Waals surface area contributed by atoms with Crippen molar-refractivity contribution in [1.82, 2.24) is 19.0 Å². The molecule has 1 fully saturated rings. The van der Waals surface area contributed by atoms with Crippen LogP contribution in [0.25, 0.3) is 23.0 Å². The van der Waals surface area contributed by atoms with Crippen LogP contribution in [0, 0.1) is 11.3 Å². The van der Waals surface area contributed by atoms with Gasteiger partial charge in [-0.25, -0.2) is 17.4 Å². The molecule has 1 aliphatic carbocycles. The summed E-state index contributed by atoms with van der Waals surface area (Å²) in [6, 6.07) is 17.7. The number of benzene rings is 2. The minimum absolute atomic E-state index is 0.0309. The van der Waals surface area contributed by atoms with Gasteiger partial charge in [0, 0.05) is 43.0 Å². The number of nitrogens with zero attached hydrogens (tertiary/aromatic N) is 5. The van der Waals surface area contributed by atoms with Gasteiger partial charge in [-0.2, -0.15) is 10.4 Å². The molecule has 41 heavy (non-hydrogen) atoms. The summed E-state index contributed by atoms with van der Waals surface area (Å²) in [4.78, 5) is 28.5. The van der Waals surface area contributed by atoms with Crippen LogP contribution in [0.2, 0.25) is 0 Å². The molecular formula is C31H31N5O4S. The van der Waals surface area contributed by atoms with Gasteiger partial charge < -0.3 is 0 Å². The first-order valence-electron chi connectivity index (χ1n) is 13.5. The van der Waals surface area contributed by atoms with Crippen LogP contribution in [0.4, 0.5) is 0 Å². The molecule has 0 bridgehead atoms. The molecule has 2 amide bonds. The van der Waals surface area contributed by atoms with E-state index in [1.807, 2.05) is 36.4 Å². The summed E-state index contributed by atoms with van der Waals surface area (Å²) in [5.74, 6) is -0.943. The molecule has 1 aromatic heterocycles. The van der Waals surface area contributed by atoms with Crippen LogP contribution in [-0.4, -0.2) is 59.4 Å². The normalized spacial score (nSPS) is 17.9. The largest absolute Gasteiger partial charge is 0.271 e. The first-order valence-corrected chi connectivity index (χ1v) is 15.0.